The molecule has 0 atom stereocenters. The van der Waals surface area contributed by atoms with Crippen molar-refractivity contribution in [3.63, 3.8) is 0 Å². The minimum Gasteiger partial charge on any atom is -0.367 e. The van der Waals surface area contributed by atoms with Crippen LogP contribution in [0.3, 0.4) is 0 Å². The van der Waals surface area contributed by atoms with Crippen LogP contribution in [0, 0.1) is 0 Å². The van der Waals surface area contributed by atoms with Crippen molar-refractivity contribution in [3.8, 4) is 0 Å². The van der Waals surface area contributed by atoms with Gasteiger partial charge in [0, 0.05) is 0 Å². The smallest absolute Gasteiger partial charge is 0.169 e. The van der Waals surface area contributed by atoms with Crippen LogP contribution in [0.5, 0.6) is 0 Å². The molecule has 3 nitrogen and oxygen atoms in total. The lowest BCUT2D eigenvalue weighted by Crippen LogP contribution is -2.49. The summed E-state index contributed by atoms with van der Waals surface area (Å²) in [7, 11) is 0. The van der Waals surface area contributed by atoms with Gasteiger partial charge in [-0.2, -0.15) is 0 Å². The van der Waals surface area contributed by atoms with Gasteiger partial charge in [-0.15, -0.1) is 0 Å². The van der Waals surface area contributed by atoms with E-state index in [1.165, 1.54) is 0 Å². The predicted molar refractivity (Wildman–Crippen MR) is 35.7 cm³/mol. The molecule has 0 aromatic rings. The van der Waals surface area contributed by atoms with Gasteiger partial charge in [0.15, 0.2) is 6.29 Å². The van der Waals surface area contributed by atoms with E-state index in [4.69, 9.17) is 15.9 Å². The van der Waals surface area contributed by atoms with Crippen LogP contribution in [-0.2, 0) is 0 Å². The average molecular weight is 133 g/mol. The van der Waals surface area contributed by atoms with Gasteiger partial charge in [-0.3, -0.25) is 0 Å². The Labute approximate surface area is 55.5 Å². The first-order valence-electron chi connectivity index (χ1n) is 3.22. The minimum absolute atomic E-state index is 0.584. The maximum Gasteiger partial charge on any atom is 0.169 e. The molecule has 0 aliphatic carbocycles. The molecule has 4 N–H and O–H groups in total. The van der Waals surface area contributed by atoms with Crippen LogP contribution in [0.15, 0.2) is 0 Å². The third-order valence-electron chi connectivity index (χ3n) is 1.83. The second kappa shape index (κ2) is 3.15. The first-order valence-corrected chi connectivity index (χ1v) is 3.22. The minimum atomic E-state index is -1.40. The summed E-state index contributed by atoms with van der Waals surface area (Å²) in [6.45, 7) is 3.67. The normalized spacial score (nSPS) is 12.7. The largest absolute Gasteiger partial charge is 0.367 e. The van der Waals surface area contributed by atoms with E-state index >= 15 is 0 Å². The molecule has 0 aromatic carbocycles. The van der Waals surface area contributed by atoms with Crippen molar-refractivity contribution >= 4 is 0 Å². The fourth-order valence-electron chi connectivity index (χ4n) is 0.615. The Kier molecular flexibility index (Phi) is 3.11. The zero-order valence-electron chi connectivity index (χ0n) is 5.96. The summed E-state index contributed by atoms with van der Waals surface area (Å²) in [4.78, 5) is 0. The summed E-state index contributed by atoms with van der Waals surface area (Å²) in [6, 6.07) is 0. The van der Waals surface area contributed by atoms with Crippen LogP contribution < -0.4 is 5.73 Å². The molecule has 0 radical (unpaired) electrons. The van der Waals surface area contributed by atoms with E-state index < -0.39 is 11.8 Å². The van der Waals surface area contributed by atoms with Gasteiger partial charge < -0.3 is 15.9 Å². The third kappa shape index (κ3) is 1.93. The van der Waals surface area contributed by atoms with Gasteiger partial charge >= 0.3 is 0 Å². The highest BCUT2D eigenvalue weighted by molar-refractivity contribution is 4.82. The summed E-state index contributed by atoms with van der Waals surface area (Å²) >= 11 is 0. The Bertz CT molecular complexity index is 79.1. The van der Waals surface area contributed by atoms with Crippen LogP contribution in [0.4, 0.5) is 0 Å². The molecular formula is C6H15NO2. The summed E-state index contributed by atoms with van der Waals surface area (Å²) in [5.74, 6) is 0. The molecule has 0 saturated heterocycles. The molecule has 0 fully saturated rings. The lowest BCUT2D eigenvalue weighted by molar-refractivity contribution is -0.0984. The molecule has 0 spiro atoms. The van der Waals surface area contributed by atoms with Crippen molar-refractivity contribution in [3.05, 3.63) is 0 Å². The zero-order chi connectivity index (χ0) is 7.49. The first-order chi connectivity index (χ1) is 4.06. The lowest BCUT2D eigenvalue weighted by atomic mass is 9.94. The quantitative estimate of drug-likeness (QED) is 0.468. The van der Waals surface area contributed by atoms with Gasteiger partial charge in [0.25, 0.3) is 0 Å². The number of nitrogens with two attached hydrogens (primary N) is 1. The molecule has 0 unspecified atom stereocenters. The van der Waals surface area contributed by atoms with Gasteiger partial charge in [-0.1, -0.05) is 13.8 Å². The second-order valence-electron chi connectivity index (χ2n) is 2.31. The number of aliphatic hydroxyl groups excluding tert-OH is 1. The molecule has 0 bridgehead atoms. The van der Waals surface area contributed by atoms with Crippen molar-refractivity contribution in [2.24, 2.45) is 5.73 Å². The first kappa shape index (κ1) is 8.88. The van der Waals surface area contributed by atoms with Crippen molar-refractivity contribution in [1.82, 2.24) is 0 Å². The average Bonchev–Trinajstić information content (AvgIpc) is 1.86. The SMILES string of the molecule is CCC(N)(CC)C(O)O. The van der Waals surface area contributed by atoms with Crippen molar-refractivity contribution in [1.29, 1.82) is 0 Å². The standard InChI is InChI=1S/C6H15NO2/c1-3-6(7,4-2)5(8)9/h5,8-9H,3-4,7H2,1-2H3. The van der Waals surface area contributed by atoms with Gasteiger partial charge in [0.1, 0.15) is 0 Å². The maximum absolute atomic E-state index is 8.70. The van der Waals surface area contributed by atoms with Crippen LogP contribution in [0.25, 0.3) is 0 Å². The van der Waals surface area contributed by atoms with E-state index in [1.807, 2.05) is 13.8 Å². The zero-order valence-corrected chi connectivity index (χ0v) is 5.96. The van der Waals surface area contributed by atoms with Crippen LogP contribution in [0.2, 0.25) is 0 Å². The lowest BCUT2D eigenvalue weighted by Gasteiger charge is -2.28. The van der Waals surface area contributed by atoms with Gasteiger partial charge in [0.05, 0.1) is 5.54 Å². The van der Waals surface area contributed by atoms with Gasteiger partial charge in [0.2, 0.25) is 0 Å². The molecule has 0 heterocycles. The summed E-state index contributed by atoms with van der Waals surface area (Å²) in [5, 5.41) is 17.4. The highest BCUT2D eigenvalue weighted by Gasteiger charge is 2.27. The Morgan fingerprint density at radius 2 is 1.67 bits per heavy atom. The Hall–Kier alpha value is -0.120. The van der Waals surface area contributed by atoms with E-state index in [0.717, 1.165) is 0 Å². The summed E-state index contributed by atoms with van der Waals surface area (Å²) < 4.78 is 0. The molecule has 0 aliphatic rings. The Balaban J connectivity index is 3.92. The maximum atomic E-state index is 8.70. The molecule has 56 valence electrons. The molecule has 0 rings (SSSR count). The molecule has 0 amide bonds. The highest BCUT2D eigenvalue weighted by atomic mass is 16.5. The van der Waals surface area contributed by atoms with E-state index in [9.17, 15) is 0 Å². The predicted octanol–water partition coefficient (Wildman–Crippen LogP) is -0.185. The molecule has 0 aliphatic heterocycles. The number of hydrogen-bond donors (Lipinski definition) is 3. The Morgan fingerprint density at radius 1 is 1.33 bits per heavy atom. The van der Waals surface area contributed by atoms with Crippen molar-refractivity contribution in [2.75, 3.05) is 0 Å². The van der Waals surface area contributed by atoms with E-state index in [-0.39, 0.29) is 0 Å². The van der Waals surface area contributed by atoms with Crippen LogP contribution in [-0.4, -0.2) is 22.0 Å². The topological polar surface area (TPSA) is 66.5 Å². The number of rotatable bonds is 3. The highest BCUT2D eigenvalue weighted by Crippen LogP contribution is 2.13. The summed E-state index contributed by atoms with van der Waals surface area (Å²) in [5.41, 5.74) is 4.73. The molecular weight excluding hydrogens is 118 g/mol. The molecule has 0 aromatic heterocycles. The number of hydrogen-bond acceptors (Lipinski definition) is 3. The van der Waals surface area contributed by atoms with E-state index in [2.05, 4.69) is 0 Å². The fraction of sp³-hybridized carbons (Fsp3) is 1.00. The monoisotopic (exact) mass is 133 g/mol. The van der Waals surface area contributed by atoms with E-state index in [1.54, 1.807) is 0 Å². The van der Waals surface area contributed by atoms with Gasteiger partial charge in [-0.05, 0) is 12.8 Å². The van der Waals surface area contributed by atoms with E-state index in [0.29, 0.717) is 12.8 Å². The molecule has 0 saturated carbocycles. The van der Waals surface area contributed by atoms with Crippen LogP contribution in [0.1, 0.15) is 26.7 Å². The van der Waals surface area contributed by atoms with Crippen molar-refractivity contribution in [2.45, 2.75) is 38.5 Å². The number of aliphatic hydroxyl groups is 2. The third-order valence-corrected chi connectivity index (χ3v) is 1.83. The fourth-order valence-corrected chi connectivity index (χ4v) is 0.615. The molecule has 9 heavy (non-hydrogen) atoms. The van der Waals surface area contributed by atoms with Gasteiger partial charge in [-0.25, -0.2) is 0 Å². The summed E-state index contributed by atoms with van der Waals surface area (Å²) in [6.07, 6.45) is -0.227. The van der Waals surface area contributed by atoms with Crippen molar-refractivity contribution < 1.29 is 10.2 Å². The molecule has 3 heteroatoms. The van der Waals surface area contributed by atoms with Crippen LogP contribution >= 0.6 is 0 Å². The second-order valence-corrected chi connectivity index (χ2v) is 2.31. The Morgan fingerprint density at radius 3 is 1.67 bits per heavy atom.